The van der Waals surface area contributed by atoms with Crippen molar-refractivity contribution in [2.75, 3.05) is 13.9 Å². The minimum Gasteiger partial charge on any atom is -0.496 e. The lowest BCUT2D eigenvalue weighted by molar-refractivity contribution is 0.0753. The maximum absolute atomic E-state index is 12.1. The van der Waals surface area contributed by atoms with E-state index in [0.717, 1.165) is 27.3 Å². The van der Waals surface area contributed by atoms with Gasteiger partial charge in [-0.3, -0.25) is 0 Å². The average molecular weight is 294 g/mol. The van der Waals surface area contributed by atoms with E-state index in [1.54, 1.807) is 13.2 Å². The molecule has 0 radical (unpaired) electrons. The molecule has 0 spiro atoms. The lowest BCUT2D eigenvalue weighted by Gasteiger charge is -2.10. The first-order chi connectivity index (χ1) is 10.8. The van der Waals surface area contributed by atoms with E-state index < -0.39 is 0 Å². The Morgan fingerprint density at radius 3 is 2.82 bits per heavy atom. The zero-order valence-corrected chi connectivity index (χ0v) is 11.6. The molecule has 0 bridgehead atoms. The number of carbonyl (C=O) groups excluding carboxylic acids is 1. The number of carbonyl (C=O) groups is 1. The number of rotatable bonds is 1. The molecule has 3 aromatic carbocycles. The summed E-state index contributed by atoms with van der Waals surface area (Å²) < 4.78 is 21.9. The predicted octanol–water partition coefficient (Wildman–Crippen LogP) is 3.26. The Labute approximate surface area is 124 Å². The molecule has 22 heavy (non-hydrogen) atoms. The molecule has 5 nitrogen and oxygen atoms in total. The van der Waals surface area contributed by atoms with Gasteiger partial charge in [0, 0.05) is 16.2 Å². The molecule has 5 rings (SSSR count). The smallest absolute Gasteiger partial charge is 0.344 e. The Bertz CT molecular complexity index is 990. The van der Waals surface area contributed by atoms with Crippen molar-refractivity contribution in [3.8, 4) is 23.0 Å². The van der Waals surface area contributed by atoms with Crippen LogP contribution in [0.1, 0.15) is 10.4 Å². The Morgan fingerprint density at radius 2 is 1.95 bits per heavy atom. The Hall–Kier alpha value is -2.95. The van der Waals surface area contributed by atoms with Crippen LogP contribution in [-0.2, 0) is 0 Å². The van der Waals surface area contributed by atoms with Gasteiger partial charge in [0.2, 0.25) is 6.79 Å². The maximum Gasteiger partial charge on any atom is 0.344 e. The predicted molar refractivity (Wildman–Crippen MR) is 79.1 cm³/mol. The van der Waals surface area contributed by atoms with Gasteiger partial charge in [-0.2, -0.15) is 0 Å². The third-order valence-electron chi connectivity index (χ3n) is 4.16. The molecular weight excluding hydrogens is 284 g/mol. The fourth-order valence-corrected chi connectivity index (χ4v) is 3.24. The van der Waals surface area contributed by atoms with E-state index in [1.165, 1.54) is 0 Å². The van der Waals surface area contributed by atoms with Crippen molar-refractivity contribution in [2.45, 2.75) is 0 Å². The summed E-state index contributed by atoms with van der Waals surface area (Å²) in [5.74, 6) is 2.11. The van der Waals surface area contributed by atoms with Crippen molar-refractivity contribution in [1.29, 1.82) is 0 Å². The first-order valence-electron chi connectivity index (χ1n) is 6.86. The Balaban J connectivity index is 2.08. The van der Waals surface area contributed by atoms with Crippen LogP contribution in [0.5, 0.6) is 23.0 Å². The van der Waals surface area contributed by atoms with Gasteiger partial charge in [0.25, 0.3) is 0 Å². The average Bonchev–Trinajstić information content (AvgIpc) is 3.12. The number of esters is 1. The van der Waals surface area contributed by atoms with Crippen LogP contribution in [0.2, 0.25) is 0 Å². The second-order valence-corrected chi connectivity index (χ2v) is 5.23. The van der Waals surface area contributed by atoms with Crippen LogP contribution >= 0.6 is 0 Å². The quantitative estimate of drug-likeness (QED) is 0.392. The van der Waals surface area contributed by atoms with E-state index in [-0.39, 0.29) is 12.8 Å². The lowest BCUT2D eigenvalue weighted by atomic mass is 9.97. The van der Waals surface area contributed by atoms with Crippen molar-refractivity contribution in [2.24, 2.45) is 0 Å². The largest absolute Gasteiger partial charge is 0.496 e. The van der Waals surface area contributed by atoms with Gasteiger partial charge < -0.3 is 18.9 Å². The maximum atomic E-state index is 12.1. The number of hydrogen-bond acceptors (Lipinski definition) is 5. The summed E-state index contributed by atoms with van der Waals surface area (Å²) in [7, 11) is 1.62. The van der Waals surface area contributed by atoms with Crippen LogP contribution < -0.4 is 18.9 Å². The summed E-state index contributed by atoms with van der Waals surface area (Å²) in [6.45, 7) is 0.151. The molecule has 2 aliphatic rings. The highest BCUT2D eigenvalue weighted by Crippen LogP contribution is 2.51. The van der Waals surface area contributed by atoms with E-state index in [2.05, 4.69) is 0 Å². The van der Waals surface area contributed by atoms with Crippen LogP contribution in [0.4, 0.5) is 0 Å². The molecule has 0 atom stereocenters. The molecular formula is C17H10O5. The van der Waals surface area contributed by atoms with Crippen molar-refractivity contribution < 1.29 is 23.7 Å². The van der Waals surface area contributed by atoms with E-state index in [4.69, 9.17) is 18.9 Å². The van der Waals surface area contributed by atoms with Gasteiger partial charge in [-0.1, -0.05) is 12.1 Å². The SMILES string of the molecule is COc1cccc2c1cc1c3c(cc4c(c32)OCO4)C(=O)O1. The van der Waals surface area contributed by atoms with Gasteiger partial charge in [-0.15, -0.1) is 0 Å². The summed E-state index contributed by atoms with van der Waals surface area (Å²) in [5, 5.41) is 3.43. The zero-order chi connectivity index (χ0) is 14.8. The van der Waals surface area contributed by atoms with Gasteiger partial charge >= 0.3 is 5.97 Å². The van der Waals surface area contributed by atoms with Crippen LogP contribution in [0.15, 0.2) is 30.3 Å². The molecule has 2 aliphatic heterocycles. The van der Waals surface area contributed by atoms with E-state index in [9.17, 15) is 4.79 Å². The molecule has 2 heterocycles. The molecule has 0 amide bonds. The first kappa shape index (κ1) is 11.7. The van der Waals surface area contributed by atoms with Crippen molar-refractivity contribution >= 4 is 27.5 Å². The van der Waals surface area contributed by atoms with Crippen LogP contribution in [0, 0.1) is 0 Å². The minimum absolute atomic E-state index is 0.151. The normalized spacial score (nSPS) is 14.7. The molecule has 0 saturated carbocycles. The fraction of sp³-hybridized carbons (Fsp3) is 0.118. The molecule has 108 valence electrons. The van der Waals surface area contributed by atoms with Crippen LogP contribution in [0.3, 0.4) is 0 Å². The molecule has 0 fully saturated rings. The van der Waals surface area contributed by atoms with Gasteiger partial charge in [0.15, 0.2) is 11.5 Å². The standard InChI is InChI=1S/C17H10O5/c1-19-11-4-2-3-8-9(11)5-12-14-10(17(18)22-12)6-13-16(15(8)14)21-7-20-13/h2-6H,7H2,1H3. The highest BCUT2D eigenvalue weighted by molar-refractivity contribution is 6.24. The highest BCUT2D eigenvalue weighted by Gasteiger charge is 2.32. The highest BCUT2D eigenvalue weighted by atomic mass is 16.7. The second-order valence-electron chi connectivity index (χ2n) is 5.23. The first-order valence-corrected chi connectivity index (χ1v) is 6.86. The van der Waals surface area contributed by atoms with E-state index >= 15 is 0 Å². The Morgan fingerprint density at radius 1 is 1.05 bits per heavy atom. The van der Waals surface area contributed by atoms with Crippen molar-refractivity contribution in [3.63, 3.8) is 0 Å². The third-order valence-corrected chi connectivity index (χ3v) is 4.16. The zero-order valence-electron chi connectivity index (χ0n) is 11.6. The van der Waals surface area contributed by atoms with Gasteiger partial charge in [-0.05, 0) is 23.6 Å². The Kier molecular flexibility index (Phi) is 2.03. The van der Waals surface area contributed by atoms with Gasteiger partial charge in [-0.25, -0.2) is 4.79 Å². The van der Waals surface area contributed by atoms with Crippen LogP contribution in [0.25, 0.3) is 21.5 Å². The van der Waals surface area contributed by atoms with Crippen LogP contribution in [-0.4, -0.2) is 19.9 Å². The summed E-state index contributed by atoms with van der Waals surface area (Å²) in [4.78, 5) is 12.1. The molecule has 0 saturated heterocycles. The molecule has 0 aliphatic carbocycles. The molecule has 5 heteroatoms. The molecule has 3 aromatic rings. The number of benzene rings is 3. The summed E-state index contributed by atoms with van der Waals surface area (Å²) in [6, 6.07) is 9.29. The van der Waals surface area contributed by atoms with Crippen molar-refractivity contribution in [1.82, 2.24) is 0 Å². The number of fused-ring (bicyclic) bond motifs is 4. The molecule has 0 unspecified atom stereocenters. The van der Waals surface area contributed by atoms with Crippen molar-refractivity contribution in [3.05, 3.63) is 35.9 Å². The van der Waals surface area contributed by atoms with Gasteiger partial charge in [0.1, 0.15) is 11.5 Å². The van der Waals surface area contributed by atoms with Gasteiger partial charge in [0.05, 0.1) is 12.7 Å². The number of ether oxygens (including phenoxy) is 4. The second kappa shape index (κ2) is 3.82. The molecule has 0 aromatic heterocycles. The third kappa shape index (κ3) is 1.26. The summed E-state index contributed by atoms with van der Waals surface area (Å²) in [5.41, 5.74) is 0.513. The van der Waals surface area contributed by atoms with E-state index in [0.29, 0.717) is 22.8 Å². The topological polar surface area (TPSA) is 54.0 Å². The fourth-order valence-electron chi connectivity index (χ4n) is 3.24. The number of methoxy groups -OCH3 is 1. The van der Waals surface area contributed by atoms with E-state index in [1.807, 2.05) is 24.3 Å². The minimum atomic E-state index is -0.368. The lowest BCUT2D eigenvalue weighted by Crippen LogP contribution is -2.00. The number of hydrogen-bond donors (Lipinski definition) is 0. The summed E-state index contributed by atoms with van der Waals surface area (Å²) in [6.07, 6.45) is 0. The monoisotopic (exact) mass is 294 g/mol. The summed E-state index contributed by atoms with van der Waals surface area (Å²) >= 11 is 0. The molecule has 0 N–H and O–H groups in total.